The Morgan fingerprint density at radius 3 is 2.56 bits per heavy atom. The van der Waals surface area contributed by atoms with Gasteiger partial charge in [0.15, 0.2) is 11.5 Å². The predicted octanol–water partition coefficient (Wildman–Crippen LogP) is 3.03. The molecule has 0 radical (unpaired) electrons. The zero-order valence-corrected chi connectivity index (χ0v) is 14.4. The average molecular weight is 339 g/mol. The van der Waals surface area contributed by atoms with Crippen LogP contribution in [0, 0.1) is 0 Å². The Bertz CT molecular complexity index is 768. The lowest BCUT2D eigenvalue weighted by Crippen LogP contribution is -2.21. The Morgan fingerprint density at radius 2 is 1.84 bits per heavy atom. The minimum absolute atomic E-state index is 0.183. The van der Waals surface area contributed by atoms with Gasteiger partial charge in [-0.05, 0) is 49.7 Å². The van der Waals surface area contributed by atoms with Gasteiger partial charge in [-0.3, -0.25) is 4.79 Å². The molecule has 1 N–H and O–H groups in total. The molecule has 0 fully saturated rings. The van der Waals surface area contributed by atoms with Gasteiger partial charge in [-0.25, -0.2) is 5.43 Å². The number of carbonyl (C=O) groups is 1. The van der Waals surface area contributed by atoms with Crippen LogP contribution >= 0.6 is 0 Å². The van der Waals surface area contributed by atoms with E-state index in [1.165, 1.54) is 5.69 Å². The maximum atomic E-state index is 12.1. The van der Waals surface area contributed by atoms with E-state index in [0.717, 1.165) is 18.7 Å². The average Bonchev–Trinajstić information content (AvgIpc) is 3.11. The molecule has 3 rings (SSSR count). The van der Waals surface area contributed by atoms with Gasteiger partial charge < -0.3 is 14.4 Å². The lowest BCUT2D eigenvalue weighted by atomic mass is 10.2. The second kappa shape index (κ2) is 7.70. The number of nitrogens with zero attached hydrogens (tertiary/aromatic N) is 2. The van der Waals surface area contributed by atoms with Gasteiger partial charge >= 0.3 is 0 Å². The van der Waals surface area contributed by atoms with E-state index in [4.69, 9.17) is 9.47 Å². The van der Waals surface area contributed by atoms with Crippen LogP contribution in [0.15, 0.2) is 47.6 Å². The highest BCUT2D eigenvalue weighted by molar-refractivity contribution is 5.95. The second-order valence-electron chi connectivity index (χ2n) is 5.53. The Balaban J connectivity index is 1.60. The molecule has 0 saturated carbocycles. The van der Waals surface area contributed by atoms with Crippen LogP contribution in [0.5, 0.6) is 11.5 Å². The molecule has 1 aliphatic heterocycles. The molecule has 0 aromatic heterocycles. The molecule has 0 bridgehead atoms. The molecule has 130 valence electrons. The summed E-state index contributed by atoms with van der Waals surface area (Å²) in [6.07, 6.45) is 1.62. The number of anilines is 1. The number of hydrazone groups is 1. The molecule has 6 heteroatoms. The number of ether oxygens (including phenoxy) is 2. The quantitative estimate of drug-likeness (QED) is 0.649. The SMILES string of the molecule is CCN(CC)c1ccc(C=NNC(=O)c2ccc3c(c2)OCO3)cc1. The zero-order valence-electron chi connectivity index (χ0n) is 14.4. The number of hydrogen-bond acceptors (Lipinski definition) is 5. The lowest BCUT2D eigenvalue weighted by Gasteiger charge is -2.20. The molecule has 0 spiro atoms. The van der Waals surface area contributed by atoms with Crippen molar-refractivity contribution in [1.82, 2.24) is 5.43 Å². The van der Waals surface area contributed by atoms with Crippen molar-refractivity contribution in [2.75, 3.05) is 24.8 Å². The van der Waals surface area contributed by atoms with E-state index in [1.54, 1.807) is 24.4 Å². The lowest BCUT2D eigenvalue weighted by molar-refractivity contribution is 0.0954. The highest BCUT2D eigenvalue weighted by Gasteiger charge is 2.15. The van der Waals surface area contributed by atoms with Crippen molar-refractivity contribution in [1.29, 1.82) is 0 Å². The van der Waals surface area contributed by atoms with Crippen LogP contribution in [0.2, 0.25) is 0 Å². The van der Waals surface area contributed by atoms with Crippen LogP contribution in [-0.2, 0) is 0 Å². The first-order valence-electron chi connectivity index (χ1n) is 8.29. The summed E-state index contributed by atoms with van der Waals surface area (Å²) in [5, 5.41) is 4.02. The molecule has 1 aliphatic rings. The predicted molar refractivity (Wildman–Crippen MR) is 97.6 cm³/mol. The van der Waals surface area contributed by atoms with Crippen molar-refractivity contribution in [3.05, 3.63) is 53.6 Å². The number of fused-ring (bicyclic) bond motifs is 1. The van der Waals surface area contributed by atoms with E-state index in [0.29, 0.717) is 17.1 Å². The summed E-state index contributed by atoms with van der Waals surface area (Å²) in [7, 11) is 0. The van der Waals surface area contributed by atoms with Crippen molar-refractivity contribution < 1.29 is 14.3 Å². The molecule has 0 unspecified atom stereocenters. The highest BCUT2D eigenvalue weighted by atomic mass is 16.7. The van der Waals surface area contributed by atoms with Crippen molar-refractivity contribution >= 4 is 17.8 Å². The topological polar surface area (TPSA) is 63.2 Å². The van der Waals surface area contributed by atoms with Crippen LogP contribution in [0.25, 0.3) is 0 Å². The van der Waals surface area contributed by atoms with Crippen LogP contribution in [0.3, 0.4) is 0 Å². The molecule has 2 aromatic rings. The van der Waals surface area contributed by atoms with E-state index in [-0.39, 0.29) is 12.7 Å². The first kappa shape index (κ1) is 16.8. The van der Waals surface area contributed by atoms with Crippen LogP contribution in [-0.4, -0.2) is 32.0 Å². The summed E-state index contributed by atoms with van der Waals surface area (Å²) in [6, 6.07) is 13.1. The van der Waals surface area contributed by atoms with Gasteiger partial charge in [0.25, 0.3) is 5.91 Å². The molecular weight excluding hydrogens is 318 g/mol. The molecule has 1 amide bonds. The van der Waals surface area contributed by atoms with Gasteiger partial charge in [0.05, 0.1) is 6.21 Å². The van der Waals surface area contributed by atoms with Gasteiger partial charge in [0, 0.05) is 24.3 Å². The zero-order chi connectivity index (χ0) is 17.6. The summed E-state index contributed by atoms with van der Waals surface area (Å²) >= 11 is 0. The molecule has 0 saturated heterocycles. The fourth-order valence-electron chi connectivity index (χ4n) is 2.63. The summed E-state index contributed by atoms with van der Waals surface area (Å²) in [4.78, 5) is 14.4. The smallest absolute Gasteiger partial charge is 0.271 e. The monoisotopic (exact) mass is 339 g/mol. The highest BCUT2D eigenvalue weighted by Crippen LogP contribution is 2.32. The first-order valence-corrected chi connectivity index (χ1v) is 8.29. The number of nitrogens with one attached hydrogen (secondary N) is 1. The molecule has 0 atom stereocenters. The Morgan fingerprint density at radius 1 is 1.12 bits per heavy atom. The molecule has 2 aromatic carbocycles. The maximum Gasteiger partial charge on any atom is 0.271 e. The molecule has 25 heavy (non-hydrogen) atoms. The summed E-state index contributed by atoms with van der Waals surface area (Å²) in [5.74, 6) is 0.922. The molecule has 1 heterocycles. The van der Waals surface area contributed by atoms with Gasteiger partial charge in [0.1, 0.15) is 0 Å². The van der Waals surface area contributed by atoms with Crippen molar-refractivity contribution in [3.8, 4) is 11.5 Å². The molecular formula is C19H21N3O3. The van der Waals surface area contributed by atoms with Gasteiger partial charge in [-0.15, -0.1) is 0 Å². The van der Waals surface area contributed by atoms with E-state index in [2.05, 4.69) is 29.3 Å². The minimum atomic E-state index is -0.297. The molecule has 6 nitrogen and oxygen atoms in total. The van der Waals surface area contributed by atoms with Gasteiger partial charge in [0.2, 0.25) is 6.79 Å². The van der Waals surface area contributed by atoms with Crippen molar-refractivity contribution in [3.63, 3.8) is 0 Å². The van der Waals surface area contributed by atoms with Crippen LogP contribution in [0.1, 0.15) is 29.8 Å². The summed E-state index contributed by atoms with van der Waals surface area (Å²) in [5.41, 5.74) is 5.08. The van der Waals surface area contributed by atoms with Crippen LogP contribution in [0.4, 0.5) is 5.69 Å². The maximum absolute atomic E-state index is 12.1. The number of benzene rings is 2. The standard InChI is InChI=1S/C19H21N3O3/c1-3-22(4-2)16-8-5-14(6-9-16)12-20-21-19(23)15-7-10-17-18(11-15)25-13-24-17/h5-12H,3-4,13H2,1-2H3,(H,21,23). The van der Waals surface area contributed by atoms with Gasteiger partial charge in [-0.2, -0.15) is 5.10 Å². The third-order valence-corrected chi connectivity index (χ3v) is 4.04. The van der Waals surface area contributed by atoms with E-state index in [9.17, 15) is 4.79 Å². The summed E-state index contributed by atoms with van der Waals surface area (Å²) in [6.45, 7) is 6.38. The van der Waals surface area contributed by atoms with Crippen molar-refractivity contribution in [2.24, 2.45) is 5.10 Å². The number of amides is 1. The second-order valence-corrected chi connectivity index (χ2v) is 5.53. The fourth-order valence-corrected chi connectivity index (χ4v) is 2.63. The minimum Gasteiger partial charge on any atom is -0.454 e. The Labute approximate surface area is 147 Å². The fraction of sp³-hybridized carbons (Fsp3) is 0.263. The normalized spacial score (nSPS) is 12.4. The van der Waals surface area contributed by atoms with E-state index in [1.807, 2.05) is 24.3 Å². The van der Waals surface area contributed by atoms with E-state index >= 15 is 0 Å². The summed E-state index contributed by atoms with van der Waals surface area (Å²) < 4.78 is 10.5. The Kier molecular flexibility index (Phi) is 5.18. The third kappa shape index (κ3) is 3.91. The van der Waals surface area contributed by atoms with Crippen molar-refractivity contribution in [2.45, 2.75) is 13.8 Å². The van der Waals surface area contributed by atoms with Crippen LogP contribution < -0.4 is 19.8 Å². The number of carbonyl (C=O) groups excluding carboxylic acids is 1. The largest absolute Gasteiger partial charge is 0.454 e. The first-order chi connectivity index (χ1) is 12.2. The number of hydrogen-bond donors (Lipinski definition) is 1. The van der Waals surface area contributed by atoms with Gasteiger partial charge in [-0.1, -0.05) is 12.1 Å². The third-order valence-electron chi connectivity index (χ3n) is 4.04. The molecule has 0 aliphatic carbocycles. The Hall–Kier alpha value is -3.02. The van der Waals surface area contributed by atoms with E-state index < -0.39 is 0 Å². The number of rotatable bonds is 6.